The Morgan fingerprint density at radius 1 is 1.19 bits per heavy atom. The zero-order valence-corrected chi connectivity index (χ0v) is 15.3. The summed E-state index contributed by atoms with van der Waals surface area (Å²) in [5, 5.41) is 4.55. The maximum Gasteiger partial charge on any atom is 0.236 e. The number of piperidine rings is 1. The Kier molecular flexibility index (Phi) is 5.03. The molecule has 2 aliphatic rings. The Bertz CT molecular complexity index is 745. The first-order valence-electron chi connectivity index (χ1n) is 9.42. The second-order valence-electron chi connectivity index (χ2n) is 7.34. The molecule has 140 valence electrons. The Morgan fingerprint density at radius 2 is 1.96 bits per heavy atom. The van der Waals surface area contributed by atoms with Crippen molar-refractivity contribution in [3.05, 3.63) is 18.6 Å². The number of likely N-dealkylation sites (tertiary alicyclic amines) is 1. The Morgan fingerprint density at radius 3 is 2.73 bits per heavy atom. The number of nitrogens with zero attached hydrogens (tertiary/aromatic N) is 5. The van der Waals surface area contributed by atoms with Crippen LogP contribution in [0.1, 0.15) is 12.8 Å². The Labute approximate surface area is 153 Å². The van der Waals surface area contributed by atoms with Crippen molar-refractivity contribution < 1.29 is 4.79 Å². The summed E-state index contributed by atoms with van der Waals surface area (Å²) in [6.45, 7) is 6.25. The van der Waals surface area contributed by atoms with Crippen LogP contribution in [0.2, 0.25) is 0 Å². The number of hydrogen-bond acceptors (Lipinski definition) is 6. The van der Waals surface area contributed by atoms with E-state index in [-0.39, 0.29) is 5.91 Å². The van der Waals surface area contributed by atoms with Gasteiger partial charge in [-0.3, -0.25) is 9.69 Å². The highest BCUT2D eigenvalue weighted by Gasteiger charge is 2.25. The van der Waals surface area contributed by atoms with Crippen molar-refractivity contribution in [1.82, 2.24) is 29.7 Å². The van der Waals surface area contributed by atoms with E-state index in [2.05, 4.69) is 37.1 Å². The molecule has 4 heterocycles. The van der Waals surface area contributed by atoms with Crippen molar-refractivity contribution in [3.63, 3.8) is 0 Å². The van der Waals surface area contributed by atoms with Gasteiger partial charge in [-0.15, -0.1) is 0 Å². The fraction of sp³-hybridized carbons (Fsp3) is 0.611. The van der Waals surface area contributed by atoms with E-state index in [1.165, 1.54) is 0 Å². The van der Waals surface area contributed by atoms with Gasteiger partial charge in [0, 0.05) is 51.5 Å². The molecule has 1 amide bonds. The molecule has 2 N–H and O–H groups in total. The van der Waals surface area contributed by atoms with Crippen LogP contribution in [0.15, 0.2) is 18.6 Å². The quantitative estimate of drug-likeness (QED) is 0.835. The molecule has 0 unspecified atom stereocenters. The zero-order valence-electron chi connectivity index (χ0n) is 15.3. The molecule has 0 aromatic carbocycles. The number of carbonyl (C=O) groups excluding carboxylic acids is 1. The van der Waals surface area contributed by atoms with Crippen LogP contribution in [0.5, 0.6) is 0 Å². The predicted molar refractivity (Wildman–Crippen MR) is 101 cm³/mol. The van der Waals surface area contributed by atoms with Crippen LogP contribution >= 0.6 is 0 Å². The van der Waals surface area contributed by atoms with Crippen LogP contribution in [0.25, 0.3) is 11.0 Å². The highest BCUT2D eigenvalue weighted by molar-refractivity contribution is 5.86. The van der Waals surface area contributed by atoms with Gasteiger partial charge in [0.05, 0.1) is 11.9 Å². The molecule has 8 nitrogen and oxygen atoms in total. The monoisotopic (exact) mass is 357 g/mol. The number of aromatic nitrogens is 3. The van der Waals surface area contributed by atoms with E-state index >= 15 is 0 Å². The van der Waals surface area contributed by atoms with E-state index in [1.54, 1.807) is 6.33 Å². The average molecular weight is 357 g/mol. The lowest BCUT2D eigenvalue weighted by Gasteiger charge is -2.36. The van der Waals surface area contributed by atoms with Gasteiger partial charge in [-0.1, -0.05) is 0 Å². The second-order valence-corrected chi connectivity index (χ2v) is 7.34. The molecule has 26 heavy (non-hydrogen) atoms. The number of fused-ring (bicyclic) bond motifs is 1. The Hall–Kier alpha value is -2.19. The third-order valence-corrected chi connectivity index (χ3v) is 5.50. The van der Waals surface area contributed by atoms with Crippen LogP contribution in [0, 0.1) is 0 Å². The minimum atomic E-state index is 0.267. The average Bonchev–Trinajstić information content (AvgIpc) is 3.14. The maximum absolute atomic E-state index is 12.6. The van der Waals surface area contributed by atoms with Gasteiger partial charge in [-0.2, -0.15) is 0 Å². The van der Waals surface area contributed by atoms with Gasteiger partial charge in [0.25, 0.3) is 0 Å². The van der Waals surface area contributed by atoms with Crippen LogP contribution in [-0.4, -0.2) is 94.5 Å². The first-order chi connectivity index (χ1) is 12.7. The molecule has 2 saturated heterocycles. The summed E-state index contributed by atoms with van der Waals surface area (Å²) >= 11 is 0. The topological polar surface area (TPSA) is 80.4 Å². The van der Waals surface area contributed by atoms with Crippen LogP contribution in [0.4, 0.5) is 5.82 Å². The summed E-state index contributed by atoms with van der Waals surface area (Å²) in [7, 11) is 2.13. The van der Waals surface area contributed by atoms with Gasteiger partial charge in [0.1, 0.15) is 17.8 Å². The van der Waals surface area contributed by atoms with E-state index in [0.29, 0.717) is 12.6 Å². The number of nitrogens with one attached hydrogen (secondary N) is 2. The van der Waals surface area contributed by atoms with E-state index in [9.17, 15) is 4.79 Å². The number of hydrogen-bond donors (Lipinski definition) is 2. The largest absolute Gasteiger partial charge is 0.367 e. The third kappa shape index (κ3) is 3.81. The van der Waals surface area contributed by atoms with Gasteiger partial charge in [-0.25, -0.2) is 9.97 Å². The lowest BCUT2D eigenvalue weighted by atomic mass is 10.0. The van der Waals surface area contributed by atoms with E-state index < -0.39 is 0 Å². The normalized spacial score (nSPS) is 20.6. The molecule has 8 heteroatoms. The molecule has 2 aromatic rings. The van der Waals surface area contributed by atoms with Crippen molar-refractivity contribution in [2.24, 2.45) is 0 Å². The second kappa shape index (κ2) is 7.59. The van der Waals surface area contributed by atoms with Gasteiger partial charge in [0.15, 0.2) is 0 Å². The summed E-state index contributed by atoms with van der Waals surface area (Å²) in [5.41, 5.74) is 0.849. The fourth-order valence-corrected chi connectivity index (χ4v) is 3.75. The number of amides is 1. The van der Waals surface area contributed by atoms with Crippen molar-refractivity contribution in [2.45, 2.75) is 18.9 Å². The molecule has 4 rings (SSSR count). The summed E-state index contributed by atoms with van der Waals surface area (Å²) in [6.07, 6.45) is 5.36. The zero-order chi connectivity index (χ0) is 17.9. The number of piperazine rings is 1. The SMILES string of the molecule is CN1CCN(CC(=O)N2CCC(Nc3ncnc4[nH]ccc34)CC2)CC1. The molecule has 2 aromatic heterocycles. The number of carbonyl (C=O) groups is 1. The summed E-state index contributed by atoms with van der Waals surface area (Å²) in [5.74, 6) is 1.14. The minimum absolute atomic E-state index is 0.267. The van der Waals surface area contributed by atoms with Gasteiger partial charge >= 0.3 is 0 Å². The molecular weight excluding hydrogens is 330 g/mol. The predicted octanol–water partition coefficient (Wildman–Crippen LogP) is 0.608. The third-order valence-electron chi connectivity index (χ3n) is 5.50. The minimum Gasteiger partial charge on any atom is -0.367 e. The molecule has 0 spiro atoms. The molecule has 0 radical (unpaired) electrons. The van der Waals surface area contributed by atoms with Crippen molar-refractivity contribution in [1.29, 1.82) is 0 Å². The van der Waals surface area contributed by atoms with Crippen LogP contribution in [0.3, 0.4) is 0 Å². The van der Waals surface area contributed by atoms with E-state index in [0.717, 1.165) is 69.0 Å². The molecular formula is C18H27N7O. The maximum atomic E-state index is 12.6. The number of anilines is 1. The summed E-state index contributed by atoms with van der Waals surface area (Å²) in [6, 6.07) is 2.34. The van der Waals surface area contributed by atoms with Gasteiger partial charge in [-0.05, 0) is 26.0 Å². The lowest BCUT2D eigenvalue weighted by Crippen LogP contribution is -2.50. The number of rotatable bonds is 4. The molecule has 2 fully saturated rings. The van der Waals surface area contributed by atoms with Crippen molar-refractivity contribution in [2.75, 3.05) is 58.2 Å². The first-order valence-corrected chi connectivity index (χ1v) is 9.42. The highest BCUT2D eigenvalue weighted by atomic mass is 16.2. The smallest absolute Gasteiger partial charge is 0.236 e. The highest BCUT2D eigenvalue weighted by Crippen LogP contribution is 2.21. The summed E-state index contributed by atoms with van der Waals surface area (Å²) in [4.78, 5) is 30.9. The molecule has 0 atom stereocenters. The standard InChI is InChI=1S/C18H27N7O/c1-23-8-10-24(11-9-23)12-16(26)25-6-3-14(4-7-25)22-18-15-2-5-19-17(15)20-13-21-18/h2,5,13-14H,3-4,6-12H2,1H3,(H2,19,20,21,22). The van der Waals surface area contributed by atoms with Crippen molar-refractivity contribution >= 4 is 22.8 Å². The number of H-pyrrole nitrogens is 1. The molecule has 0 aliphatic carbocycles. The molecule has 2 aliphatic heterocycles. The fourth-order valence-electron chi connectivity index (χ4n) is 3.75. The summed E-state index contributed by atoms with van der Waals surface area (Å²) < 4.78 is 0. The Balaban J connectivity index is 1.27. The van der Waals surface area contributed by atoms with E-state index in [1.807, 2.05) is 17.2 Å². The molecule has 0 bridgehead atoms. The van der Waals surface area contributed by atoms with Crippen LogP contribution in [-0.2, 0) is 4.79 Å². The first kappa shape index (κ1) is 17.2. The van der Waals surface area contributed by atoms with E-state index in [4.69, 9.17) is 0 Å². The lowest BCUT2D eigenvalue weighted by molar-refractivity contribution is -0.133. The van der Waals surface area contributed by atoms with Crippen LogP contribution < -0.4 is 5.32 Å². The van der Waals surface area contributed by atoms with Gasteiger partial charge < -0.3 is 20.1 Å². The number of likely N-dealkylation sites (N-methyl/N-ethyl adjacent to an activating group) is 1. The molecule has 0 saturated carbocycles. The van der Waals surface area contributed by atoms with Crippen molar-refractivity contribution in [3.8, 4) is 0 Å². The van der Waals surface area contributed by atoms with Gasteiger partial charge in [0.2, 0.25) is 5.91 Å². The number of aromatic amines is 1.